The first-order valence-corrected chi connectivity index (χ1v) is 18.0. The summed E-state index contributed by atoms with van der Waals surface area (Å²) in [5, 5.41) is 2.61. The SMILES string of the molecule is CC1(C)c2ccccc2-c2cc(-c3cccc4c3C(C)(C)c3ccccc3C43c4ccccc4-n4c5ccccc5c5cccc3c54)ccc21. The van der Waals surface area contributed by atoms with Gasteiger partial charge in [-0.2, -0.15) is 0 Å². The van der Waals surface area contributed by atoms with Crippen LogP contribution >= 0.6 is 0 Å². The molecule has 11 rings (SSSR count). The third-order valence-corrected chi connectivity index (χ3v) is 12.6. The van der Waals surface area contributed by atoms with Gasteiger partial charge in [-0.3, -0.25) is 0 Å². The normalized spacial score (nSPS) is 18.4. The van der Waals surface area contributed by atoms with Gasteiger partial charge in [0, 0.05) is 21.6 Å². The van der Waals surface area contributed by atoms with Crippen LogP contribution in [0.15, 0.2) is 152 Å². The van der Waals surface area contributed by atoms with Crippen LogP contribution in [-0.4, -0.2) is 4.57 Å². The van der Waals surface area contributed by atoms with Gasteiger partial charge in [-0.05, 0) is 85.0 Å². The number of benzene rings is 7. The van der Waals surface area contributed by atoms with E-state index >= 15 is 0 Å². The van der Waals surface area contributed by atoms with Crippen LogP contribution in [0, 0.1) is 0 Å². The Morgan fingerprint density at radius 2 is 1.00 bits per heavy atom. The topological polar surface area (TPSA) is 4.93 Å². The zero-order valence-electron chi connectivity index (χ0n) is 28.9. The van der Waals surface area contributed by atoms with Crippen molar-refractivity contribution in [2.75, 3.05) is 0 Å². The summed E-state index contributed by atoms with van der Waals surface area (Å²) in [6.07, 6.45) is 0. The lowest BCUT2D eigenvalue weighted by Crippen LogP contribution is -2.44. The molecular weight excluding hydrogens is 603 g/mol. The first-order chi connectivity index (χ1) is 24.3. The van der Waals surface area contributed by atoms with E-state index in [0.29, 0.717) is 0 Å². The van der Waals surface area contributed by atoms with Crippen molar-refractivity contribution in [2.45, 2.75) is 43.9 Å². The summed E-state index contributed by atoms with van der Waals surface area (Å²) in [6, 6.07) is 57.8. The van der Waals surface area contributed by atoms with Crippen LogP contribution in [0.5, 0.6) is 0 Å². The molecule has 0 saturated carbocycles. The van der Waals surface area contributed by atoms with Gasteiger partial charge in [0.2, 0.25) is 0 Å². The summed E-state index contributed by atoms with van der Waals surface area (Å²) in [6.45, 7) is 9.62. The van der Waals surface area contributed by atoms with Gasteiger partial charge in [0.15, 0.2) is 0 Å². The Balaban J connectivity index is 1.29. The van der Waals surface area contributed by atoms with Gasteiger partial charge in [0.1, 0.15) is 0 Å². The Kier molecular flexibility index (Phi) is 5.25. The van der Waals surface area contributed by atoms with Gasteiger partial charge in [-0.1, -0.05) is 161 Å². The molecular formula is C49H37N. The highest BCUT2D eigenvalue weighted by molar-refractivity contribution is 6.12. The minimum absolute atomic E-state index is 0.0220. The monoisotopic (exact) mass is 639 g/mol. The molecule has 1 heteroatoms. The minimum atomic E-state index is -0.497. The van der Waals surface area contributed by atoms with Gasteiger partial charge in [0.05, 0.1) is 22.1 Å². The van der Waals surface area contributed by atoms with Crippen LogP contribution in [0.3, 0.4) is 0 Å². The molecule has 3 aliphatic rings. The maximum absolute atomic E-state index is 2.53. The van der Waals surface area contributed by atoms with Gasteiger partial charge in [0.25, 0.3) is 0 Å². The number of hydrogen-bond acceptors (Lipinski definition) is 0. The lowest BCUT2D eigenvalue weighted by molar-refractivity contribution is 0.558. The van der Waals surface area contributed by atoms with E-state index in [1.807, 2.05) is 0 Å². The minimum Gasteiger partial charge on any atom is -0.309 e. The van der Waals surface area contributed by atoms with Crippen LogP contribution in [0.1, 0.15) is 72.2 Å². The summed E-state index contributed by atoms with van der Waals surface area (Å²) in [5.41, 5.74) is 19.5. The van der Waals surface area contributed by atoms with E-state index in [1.54, 1.807) is 0 Å². The van der Waals surface area contributed by atoms with Crippen LogP contribution in [-0.2, 0) is 16.2 Å². The molecule has 2 heterocycles. The summed E-state index contributed by atoms with van der Waals surface area (Å²) >= 11 is 0. The van der Waals surface area contributed by atoms with Gasteiger partial charge < -0.3 is 4.57 Å². The standard InChI is InChI=1S/C49H37N/c1-47(2)36-19-7-5-15-32(36)35-29-30(27-28-37(35)47)31-17-13-23-41-45(31)48(3,4)38-20-8-9-21-39(38)49(41)40-22-10-12-26-44(40)50-43-25-11-6-16-33(43)34-18-14-24-42(49)46(34)50/h5-29H,1-4H3. The molecule has 1 aromatic heterocycles. The molecule has 0 saturated heterocycles. The molecule has 0 radical (unpaired) electrons. The first kappa shape index (κ1) is 28.2. The van der Waals surface area contributed by atoms with Crippen molar-refractivity contribution in [2.24, 2.45) is 0 Å². The van der Waals surface area contributed by atoms with E-state index < -0.39 is 5.41 Å². The highest BCUT2D eigenvalue weighted by Crippen LogP contribution is 2.62. The van der Waals surface area contributed by atoms with Crippen molar-refractivity contribution in [3.05, 3.63) is 196 Å². The Bertz CT molecular complexity index is 2770. The number of nitrogens with zero attached hydrogens (tertiary/aromatic N) is 1. The second kappa shape index (κ2) is 9.31. The second-order valence-corrected chi connectivity index (χ2v) is 15.7. The van der Waals surface area contributed by atoms with Crippen molar-refractivity contribution < 1.29 is 0 Å². The van der Waals surface area contributed by atoms with E-state index in [-0.39, 0.29) is 10.8 Å². The predicted octanol–water partition coefficient (Wildman–Crippen LogP) is 12.1. The number of para-hydroxylation sites is 3. The molecule has 1 aliphatic heterocycles. The average Bonchev–Trinajstić information content (AvgIpc) is 3.61. The lowest BCUT2D eigenvalue weighted by Gasteiger charge is -2.50. The van der Waals surface area contributed by atoms with Crippen molar-refractivity contribution in [1.82, 2.24) is 4.57 Å². The molecule has 1 unspecified atom stereocenters. The fourth-order valence-electron chi connectivity index (χ4n) is 10.6. The largest absolute Gasteiger partial charge is 0.309 e. The molecule has 0 N–H and O–H groups in total. The zero-order valence-corrected chi connectivity index (χ0v) is 28.9. The van der Waals surface area contributed by atoms with Crippen LogP contribution in [0.25, 0.3) is 49.7 Å². The quantitative estimate of drug-likeness (QED) is 0.168. The lowest BCUT2D eigenvalue weighted by atomic mass is 9.52. The van der Waals surface area contributed by atoms with Crippen molar-refractivity contribution >= 4 is 21.8 Å². The van der Waals surface area contributed by atoms with Gasteiger partial charge in [-0.15, -0.1) is 0 Å². The third kappa shape index (κ3) is 3.16. The summed E-state index contributed by atoms with van der Waals surface area (Å²) in [7, 11) is 0. The number of rotatable bonds is 1. The number of aromatic nitrogens is 1. The molecule has 0 amide bonds. The van der Waals surface area contributed by atoms with E-state index in [0.717, 1.165) is 0 Å². The summed E-state index contributed by atoms with van der Waals surface area (Å²) in [4.78, 5) is 0. The predicted molar refractivity (Wildman–Crippen MR) is 208 cm³/mol. The van der Waals surface area contributed by atoms with Crippen LogP contribution in [0.4, 0.5) is 0 Å². The Morgan fingerprint density at radius 3 is 1.86 bits per heavy atom. The second-order valence-electron chi connectivity index (χ2n) is 15.7. The Morgan fingerprint density at radius 1 is 0.400 bits per heavy atom. The molecule has 1 atom stereocenters. The Hall–Kier alpha value is -5.66. The average molecular weight is 640 g/mol. The fraction of sp³-hybridized carbons (Fsp3) is 0.143. The Labute approximate surface area is 293 Å². The highest BCUT2D eigenvalue weighted by Gasteiger charge is 2.53. The van der Waals surface area contributed by atoms with E-state index in [1.165, 1.54) is 94.3 Å². The molecule has 0 bridgehead atoms. The maximum atomic E-state index is 2.53. The molecule has 0 fully saturated rings. The molecule has 1 nitrogen and oxygen atoms in total. The smallest absolute Gasteiger partial charge is 0.0748 e. The molecule has 1 spiro atoms. The highest BCUT2D eigenvalue weighted by atomic mass is 15.0. The fourth-order valence-corrected chi connectivity index (χ4v) is 10.6. The van der Waals surface area contributed by atoms with Crippen molar-refractivity contribution in [1.29, 1.82) is 0 Å². The summed E-state index contributed by atoms with van der Waals surface area (Å²) < 4.78 is 2.53. The van der Waals surface area contributed by atoms with Crippen LogP contribution < -0.4 is 0 Å². The molecule has 50 heavy (non-hydrogen) atoms. The van der Waals surface area contributed by atoms with Crippen molar-refractivity contribution in [3.8, 4) is 27.9 Å². The summed E-state index contributed by atoms with van der Waals surface area (Å²) in [5.74, 6) is 0. The maximum Gasteiger partial charge on any atom is 0.0748 e. The van der Waals surface area contributed by atoms with E-state index in [9.17, 15) is 0 Å². The van der Waals surface area contributed by atoms with E-state index in [2.05, 4.69) is 184 Å². The van der Waals surface area contributed by atoms with Crippen molar-refractivity contribution in [3.63, 3.8) is 0 Å². The number of fused-ring (bicyclic) bond motifs is 14. The molecule has 2 aliphatic carbocycles. The molecule has 8 aromatic rings. The first-order valence-electron chi connectivity index (χ1n) is 18.0. The van der Waals surface area contributed by atoms with E-state index in [4.69, 9.17) is 0 Å². The molecule has 7 aromatic carbocycles. The van der Waals surface area contributed by atoms with Gasteiger partial charge >= 0.3 is 0 Å². The zero-order chi connectivity index (χ0) is 33.6. The van der Waals surface area contributed by atoms with Crippen LogP contribution in [0.2, 0.25) is 0 Å². The van der Waals surface area contributed by atoms with Gasteiger partial charge in [-0.25, -0.2) is 0 Å². The third-order valence-electron chi connectivity index (χ3n) is 12.6. The molecule has 238 valence electrons. The number of hydrogen-bond donors (Lipinski definition) is 0.